The Morgan fingerprint density at radius 3 is 1.47 bits per heavy atom. The average molecular weight is 1290 g/mol. The van der Waals surface area contributed by atoms with Crippen LogP contribution >= 0.6 is 0 Å². The molecule has 504 valence electrons. The lowest BCUT2D eigenvalue weighted by Gasteiger charge is -2.33. The Morgan fingerprint density at radius 2 is 0.989 bits per heavy atom. The van der Waals surface area contributed by atoms with Gasteiger partial charge in [0.1, 0.15) is 66.2 Å². The van der Waals surface area contributed by atoms with E-state index >= 15 is 0 Å². The van der Waals surface area contributed by atoms with Crippen molar-refractivity contribution >= 4 is 82.9 Å². The number of aliphatic carboxylic acids is 3. The van der Waals surface area contributed by atoms with Gasteiger partial charge < -0.3 is 89.1 Å². The molecule has 3 aliphatic heterocycles. The van der Waals surface area contributed by atoms with Crippen LogP contribution in [-0.2, 0) is 75.2 Å². The van der Waals surface area contributed by atoms with Crippen LogP contribution in [0.4, 0.5) is 0 Å². The summed E-state index contributed by atoms with van der Waals surface area (Å²) in [6, 6.07) is -0.871. The first kappa shape index (κ1) is 73.3. The summed E-state index contributed by atoms with van der Waals surface area (Å²) in [4.78, 5) is 181. The minimum absolute atomic E-state index is 0.00489. The molecule has 3 aliphatic rings. The lowest BCUT2D eigenvalue weighted by molar-refractivity contribution is -0.146. The van der Waals surface area contributed by atoms with E-state index in [-0.39, 0.29) is 95.6 Å². The topological polar surface area (TPSA) is 485 Å². The summed E-state index contributed by atoms with van der Waals surface area (Å²) in [5, 5.41) is 66.9. The minimum atomic E-state index is -1.88. The van der Waals surface area contributed by atoms with Gasteiger partial charge in [0.25, 0.3) is 0 Å². The van der Waals surface area contributed by atoms with E-state index in [1.807, 2.05) is 13.8 Å². The zero-order chi connectivity index (χ0) is 68.1. The average Bonchev–Trinajstić information content (AvgIpc) is 1.73. The van der Waals surface area contributed by atoms with Crippen LogP contribution in [0, 0.1) is 17.2 Å². The van der Waals surface area contributed by atoms with Crippen LogP contribution in [0.1, 0.15) is 116 Å². The molecule has 0 spiro atoms. The van der Waals surface area contributed by atoms with E-state index in [4.69, 9.17) is 16.9 Å². The van der Waals surface area contributed by atoms with Gasteiger partial charge in [0.05, 0.1) is 18.9 Å². The fourth-order valence-corrected chi connectivity index (χ4v) is 11.3. The third-order valence-corrected chi connectivity index (χ3v) is 16.1. The van der Waals surface area contributed by atoms with Gasteiger partial charge in [-0.05, 0) is 106 Å². The largest absolute Gasteiger partial charge is 0.508 e. The summed E-state index contributed by atoms with van der Waals surface area (Å²) in [7, 11) is 0. The highest BCUT2D eigenvalue weighted by Gasteiger charge is 2.45. The number of guanidine groups is 1. The number of nitrogens with one attached hydrogen (secondary N) is 9. The maximum atomic E-state index is 14.8. The van der Waals surface area contributed by atoms with Crippen LogP contribution < -0.4 is 54.0 Å². The number of aromatic hydroxyl groups is 1. The third-order valence-electron chi connectivity index (χ3n) is 16.1. The first-order valence-corrected chi connectivity index (χ1v) is 30.8. The van der Waals surface area contributed by atoms with Gasteiger partial charge in [-0.3, -0.25) is 67.7 Å². The van der Waals surface area contributed by atoms with Crippen molar-refractivity contribution in [2.75, 3.05) is 26.2 Å². The molecule has 0 radical (unpaired) electrons. The predicted molar refractivity (Wildman–Crippen MR) is 329 cm³/mol. The molecule has 31 nitrogen and oxygen atoms in total. The summed E-state index contributed by atoms with van der Waals surface area (Å²) in [6.45, 7) is 8.19. The normalized spacial score (nSPS) is 18.8. The Kier molecular flexibility index (Phi) is 27.6. The van der Waals surface area contributed by atoms with Crippen LogP contribution in [0.5, 0.6) is 5.75 Å². The number of carbonyl (C=O) groups excluding carboxylic acids is 10. The second kappa shape index (κ2) is 34.7. The smallest absolute Gasteiger partial charge is 0.325 e. The number of hydrogen-bond acceptors (Lipinski definition) is 16. The number of benzene rings is 2. The number of nitrogens with two attached hydrogens (primary N) is 2. The van der Waals surface area contributed by atoms with Crippen LogP contribution in [0.3, 0.4) is 0 Å². The Morgan fingerprint density at radius 1 is 0.543 bits per heavy atom. The zero-order valence-electron chi connectivity index (χ0n) is 52.3. The Labute approximate surface area is 532 Å². The molecule has 0 saturated carbocycles. The highest BCUT2D eigenvalue weighted by atomic mass is 16.4. The second-order valence-electron chi connectivity index (χ2n) is 24.1. The number of phenolic OH excluding ortho intramolecular Hbond substituents is 1. The molecule has 0 aromatic heterocycles. The van der Waals surface area contributed by atoms with Gasteiger partial charge in [-0.1, -0.05) is 70.2 Å². The molecular formula is C61H88N14O17. The summed E-state index contributed by atoms with van der Waals surface area (Å²) in [6.07, 6.45) is -0.883. The molecule has 2 aromatic carbocycles. The molecule has 0 bridgehead atoms. The minimum Gasteiger partial charge on any atom is -0.508 e. The fourth-order valence-electron chi connectivity index (χ4n) is 11.3. The maximum Gasteiger partial charge on any atom is 0.325 e. The van der Waals surface area contributed by atoms with Crippen LogP contribution in [0.2, 0.25) is 0 Å². The van der Waals surface area contributed by atoms with E-state index in [9.17, 15) is 82.8 Å². The van der Waals surface area contributed by atoms with Crippen LogP contribution in [-0.4, -0.2) is 211 Å². The monoisotopic (exact) mass is 1290 g/mol. The van der Waals surface area contributed by atoms with Gasteiger partial charge in [-0.25, -0.2) is 0 Å². The Balaban J connectivity index is 1.33. The number of carboxylic acid groups (broad SMARTS) is 3. The maximum absolute atomic E-state index is 14.8. The molecule has 10 amide bonds. The molecule has 3 heterocycles. The van der Waals surface area contributed by atoms with Gasteiger partial charge in [0.15, 0.2) is 5.96 Å². The molecule has 0 unspecified atom stereocenters. The molecule has 17 N–H and O–H groups in total. The number of carboxylic acids is 3. The van der Waals surface area contributed by atoms with Gasteiger partial charge in [0, 0.05) is 32.6 Å². The van der Waals surface area contributed by atoms with Crippen molar-refractivity contribution in [3.8, 4) is 5.75 Å². The van der Waals surface area contributed by atoms with Crippen molar-refractivity contribution in [3.05, 3.63) is 65.7 Å². The van der Waals surface area contributed by atoms with Crippen LogP contribution in [0.15, 0.2) is 54.6 Å². The summed E-state index contributed by atoms with van der Waals surface area (Å²) in [5.74, 6) is -14.1. The number of rotatable bonds is 33. The van der Waals surface area contributed by atoms with Crippen molar-refractivity contribution in [2.24, 2.45) is 23.3 Å². The highest BCUT2D eigenvalue weighted by Crippen LogP contribution is 2.25. The Bertz CT molecular complexity index is 3010. The second-order valence-corrected chi connectivity index (χ2v) is 24.1. The molecule has 2 aromatic rings. The van der Waals surface area contributed by atoms with Crippen molar-refractivity contribution < 1.29 is 82.8 Å². The standard InChI is InChI=1S/C61H88N14O17/c1-32(2)27-42(58(89)74-25-10-16-44(74)53(84)66-34(5)60(91)92)71-55(86)46-18-12-26-75(46)59(90)43(29-35-13-7-6-8-14-35)70-52(83)40(30-47(77)78)68-54(85)45-17-11-24-73(45)57(88)39(15-9-23-65-61(63)64)67-51(82)41(31-48(79)80)69-56(87)49(33(3)4)72-50(81)38(62)28-36-19-21-37(76)22-20-36/h6-8,13-14,19-22,32-34,38-46,49,76H,9-12,15-18,23-31,62H2,1-5H3,(H,66,84)(H,67,82)(H,68,85)(H,69,87)(H,70,83)(H,71,86)(H,72,81)(H,77,78)(H,79,80)(H,91,92)(H4,63,64,65)/t34-,38-,39-,40-,41-,42-,43-,44-,45-,46-,49-/m0/s1. The predicted octanol–water partition coefficient (Wildman–Crippen LogP) is -2.11. The molecular weight excluding hydrogens is 1200 g/mol. The number of phenols is 1. The Hall–Kier alpha value is -9.42. The highest BCUT2D eigenvalue weighted by molar-refractivity contribution is 6.00. The van der Waals surface area contributed by atoms with Gasteiger partial charge in [0.2, 0.25) is 59.1 Å². The van der Waals surface area contributed by atoms with E-state index in [0.29, 0.717) is 24.0 Å². The third kappa shape index (κ3) is 21.6. The van der Waals surface area contributed by atoms with E-state index in [1.165, 1.54) is 28.9 Å². The van der Waals surface area contributed by atoms with Gasteiger partial charge in [-0.15, -0.1) is 0 Å². The van der Waals surface area contributed by atoms with E-state index in [1.54, 1.807) is 56.3 Å². The molecule has 3 saturated heterocycles. The fraction of sp³-hybridized carbons (Fsp3) is 0.574. The molecule has 11 atom stereocenters. The summed E-state index contributed by atoms with van der Waals surface area (Å²) >= 11 is 0. The van der Waals surface area contributed by atoms with E-state index < -0.39 is 168 Å². The number of nitrogens with zero attached hydrogens (tertiary/aromatic N) is 3. The number of amides is 10. The first-order valence-electron chi connectivity index (χ1n) is 30.8. The summed E-state index contributed by atoms with van der Waals surface area (Å²) < 4.78 is 0. The van der Waals surface area contributed by atoms with Crippen molar-refractivity contribution in [1.82, 2.24) is 57.2 Å². The van der Waals surface area contributed by atoms with Crippen molar-refractivity contribution in [3.63, 3.8) is 0 Å². The molecule has 5 rings (SSSR count). The SMILES string of the molecule is CC(C)C[C@H](NC(=O)[C@@H]1CCCN1C(=O)[C@H](Cc1ccccc1)NC(=O)[C@H](CC(=O)O)NC(=O)[C@@H]1CCCN1C(=O)[C@H](CCCNC(=N)N)NC(=O)[C@H](CC(=O)O)NC(=O)[C@@H](NC(=O)[C@@H](N)Cc1ccc(O)cc1)C(C)C)C(=O)N1CCC[C@H]1C(=O)N[C@@H](C)C(=O)O. The lowest BCUT2D eigenvalue weighted by Crippen LogP contribution is -2.61. The van der Waals surface area contributed by atoms with Gasteiger partial charge >= 0.3 is 17.9 Å². The van der Waals surface area contributed by atoms with Gasteiger partial charge in [-0.2, -0.15) is 0 Å². The van der Waals surface area contributed by atoms with E-state index in [2.05, 4.69) is 42.5 Å². The molecule has 0 aliphatic carbocycles. The number of carbonyl (C=O) groups is 13. The quantitative estimate of drug-likeness (QED) is 0.0207. The zero-order valence-corrected chi connectivity index (χ0v) is 52.3. The summed E-state index contributed by atoms with van der Waals surface area (Å²) in [5.41, 5.74) is 12.8. The first-order chi connectivity index (χ1) is 43.4. The molecule has 92 heavy (non-hydrogen) atoms. The lowest BCUT2D eigenvalue weighted by atomic mass is 10.0. The number of hydrogen-bond donors (Lipinski definition) is 15. The number of likely N-dealkylation sites (tertiary alicyclic amines) is 3. The van der Waals surface area contributed by atoms with E-state index in [0.717, 1.165) is 4.90 Å². The molecule has 3 fully saturated rings. The van der Waals surface area contributed by atoms with Crippen LogP contribution in [0.25, 0.3) is 0 Å². The molecule has 31 heteroatoms. The van der Waals surface area contributed by atoms with Crippen molar-refractivity contribution in [1.29, 1.82) is 5.41 Å². The van der Waals surface area contributed by atoms with Crippen molar-refractivity contribution in [2.45, 2.75) is 185 Å².